The van der Waals surface area contributed by atoms with Gasteiger partial charge < -0.3 is 38.5 Å². The molecule has 0 bridgehead atoms. The number of nitrogens with one attached hydrogen (secondary N) is 2. The van der Waals surface area contributed by atoms with E-state index in [2.05, 4.69) is 26.0 Å². The molecule has 0 unspecified atom stereocenters. The summed E-state index contributed by atoms with van der Waals surface area (Å²) in [6.07, 6.45) is 4.05. The molecule has 3 rings (SSSR count). The molecule has 44 heavy (non-hydrogen) atoms. The number of ether oxygens (including phenoxy) is 7. The zero-order chi connectivity index (χ0) is 32.4. The van der Waals surface area contributed by atoms with Gasteiger partial charge >= 0.3 is 0 Å². The largest absolute Gasteiger partial charge is 0.496 e. The van der Waals surface area contributed by atoms with E-state index in [0.29, 0.717) is 56.0 Å². The Morgan fingerprint density at radius 1 is 0.750 bits per heavy atom. The summed E-state index contributed by atoms with van der Waals surface area (Å²) < 4.78 is 66.3. The van der Waals surface area contributed by atoms with Gasteiger partial charge in [-0.15, -0.1) is 0 Å². The van der Waals surface area contributed by atoms with Gasteiger partial charge in [0, 0.05) is 30.0 Å². The highest BCUT2D eigenvalue weighted by molar-refractivity contribution is 9.10. The van der Waals surface area contributed by atoms with Crippen molar-refractivity contribution in [2.24, 2.45) is 0 Å². The molecule has 3 aromatic rings. The van der Waals surface area contributed by atoms with Crippen molar-refractivity contribution in [1.29, 1.82) is 0 Å². The van der Waals surface area contributed by atoms with Crippen LogP contribution in [0.25, 0.3) is 6.08 Å². The van der Waals surface area contributed by atoms with Crippen molar-refractivity contribution in [2.45, 2.75) is 0 Å². The molecule has 0 amide bonds. The molecule has 0 aliphatic carbocycles. The van der Waals surface area contributed by atoms with Gasteiger partial charge in [0.15, 0.2) is 17.3 Å². The van der Waals surface area contributed by atoms with Crippen molar-refractivity contribution in [1.82, 2.24) is 0 Å². The Hall–Kier alpha value is -4.56. The van der Waals surface area contributed by atoms with Crippen LogP contribution in [0.15, 0.2) is 58.6 Å². The molecular weight excluding hydrogens is 660 g/mol. The van der Waals surface area contributed by atoms with Crippen LogP contribution in [-0.4, -0.2) is 64.0 Å². The summed E-state index contributed by atoms with van der Waals surface area (Å²) in [4.78, 5) is 13.1. The third kappa shape index (κ3) is 7.88. The Labute approximate surface area is 264 Å². The number of halogens is 1. The fourth-order valence-corrected chi connectivity index (χ4v) is 5.52. The van der Waals surface area contributed by atoms with Crippen LogP contribution in [0.5, 0.6) is 40.2 Å². The van der Waals surface area contributed by atoms with Crippen LogP contribution in [0.2, 0.25) is 0 Å². The number of methoxy groups -OCH3 is 7. The average molecular weight is 694 g/mol. The molecule has 0 heterocycles. The first-order chi connectivity index (χ1) is 21.1. The molecule has 0 radical (unpaired) electrons. The van der Waals surface area contributed by atoms with E-state index in [1.54, 1.807) is 18.2 Å². The summed E-state index contributed by atoms with van der Waals surface area (Å²) in [5, 5.41) is 3.95. The van der Waals surface area contributed by atoms with E-state index in [0.717, 1.165) is 5.41 Å². The highest BCUT2D eigenvalue weighted by atomic mass is 79.9. The number of anilines is 2. The SMILES string of the molecule is COc1cc(OC)c(/C=C/S(=O)(=O)Nc2ccc(OC)c(N/C=C\C(=O)c3cc(OC)c(OC)c(OC)c3Br)c2)c(OC)c1. The first-order valence-corrected chi connectivity index (χ1v) is 15.0. The van der Waals surface area contributed by atoms with Gasteiger partial charge in [-0.2, -0.15) is 0 Å². The van der Waals surface area contributed by atoms with Crippen LogP contribution < -0.4 is 43.2 Å². The molecular formula is C30H33BrN2O10S. The number of allylic oxidation sites excluding steroid dienone is 1. The van der Waals surface area contributed by atoms with Crippen LogP contribution in [0.4, 0.5) is 11.4 Å². The maximum atomic E-state index is 13.1. The van der Waals surface area contributed by atoms with Crippen molar-refractivity contribution in [2.75, 3.05) is 59.8 Å². The second-order valence-electron chi connectivity index (χ2n) is 8.66. The number of benzene rings is 3. The first-order valence-electron chi connectivity index (χ1n) is 12.7. The van der Waals surface area contributed by atoms with E-state index < -0.39 is 10.0 Å². The average Bonchev–Trinajstić information content (AvgIpc) is 3.02. The lowest BCUT2D eigenvalue weighted by molar-refractivity contribution is 0.104. The zero-order valence-corrected chi connectivity index (χ0v) is 27.5. The summed E-state index contributed by atoms with van der Waals surface area (Å²) in [6, 6.07) is 9.38. The summed E-state index contributed by atoms with van der Waals surface area (Å²) >= 11 is 3.40. The molecule has 0 aliphatic rings. The van der Waals surface area contributed by atoms with E-state index in [9.17, 15) is 13.2 Å². The molecule has 14 heteroatoms. The fraction of sp³-hybridized carbons (Fsp3) is 0.233. The smallest absolute Gasteiger partial charge is 0.255 e. The fourth-order valence-electron chi connectivity index (χ4n) is 4.03. The topological polar surface area (TPSA) is 140 Å². The summed E-state index contributed by atoms with van der Waals surface area (Å²) in [7, 11) is 6.25. The van der Waals surface area contributed by atoms with Gasteiger partial charge in [0.25, 0.3) is 10.0 Å². The van der Waals surface area contributed by atoms with Crippen molar-refractivity contribution < 1.29 is 46.4 Å². The Morgan fingerprint density at radius 3 is 1.91 bits per heavy atom. The number of hydrogen-bond acceptors (Lipinski definition) is 11. The highest BCUT2D eigenvalue weighted by Crippen LogP contribution is 2.45. The molecule has 0 spiro atoms. The molecule has 0 atom stereocenters. The first kappa shape index (κ1) is 33.9. The predicted molar refractivity (Wildman–Crippen MR) is 172 cm³/mol. The van der Waals surface area contributed by atoms with Gasteiger partial charge in [-0.1, -0.05) is 0 Å². The lowest BCUT2D eigenvalue weighted by atomic mass is 10.1. The summed E-state index contributed by atoms with van der Waals surface area (Å²) in [5.41, 5.74) is 1.30. The van der Waals surface area contributed by atoms with Gasteiger partial charge in [0.2, 0.25) is 5.75 Å². The van der Waals surface area contributed by atoms with Crippen molar-refractivity contribution in [3.05, 3.63) is 69.7 Å². The van der Waals surface area contributed by atoms with Crippen LogP contribution in [-0.2, 0) is 10.0 Å². The Morgan fingerprint density at radius 2 is 1.36 bits per heavy atom. The van der Waals surface area contributed by atoms with Crippen molar-refractivity contribution >= 4 is 49.2 Å². The lowest BCUT2D eigenvalue weighted by Gasteiger charge is -2.15. The minimum atomic E-state index is -3.98. The van der Waals surface area contributed by atoms with Gasteiger partial charge in [0.05, 0.1) is 76.6 Å². The zero-order valence-electron chi connectivity index (χ0n) is 25.1. The number of rotatable bonds is 15. The number of ketones is 1. The monoisotopic (exact) mass is 692 g/mol. The number of carbonyl (C=O) groups is 1. The molecule has 0 saturated heterocycles. The highest BCUT2D eigenvalue weighted by Gasteiger charge is 2.22. The van der Waals surface area contributed by atoms with Gasteiger partial charge in [-0.25, -0.2) is 8.42 Å². The third-order valence-corrected chi connectivity index (χ3v) is 7.94. The second-order valence-corrected chi connectivity index (χ2v) is 11.0. The van der Waals surface area contributed by atoms with E-state index in [4.69, 9.17) is 33.2 Å². The van der Waals surface area contributed by atoms with Gasteiger partial charge in [-0.3, -0.25) is 9.52 Å². The van der Waals surface area contributed by atoms with Crippen molar-refractivity contribution in [3.8, 4) is 40.2 Å². The molecule has 0 aliphatic heterocycles. The number of sulfonamides is 1. The molecule has 0 aromatic heterocycles. The molecule has 2 N–H and O–H groups in total. The van der Waals surface area contributed by atoms with Crippen molar-refractivity contribution in [3.63, 3.8) is 0 Å². The summed E-state index contributed by atoms with van der Waals surface area (Å²) in [6.45, 7) is 0. The third-order valence-electron chi connectivity index (χ3n) is 6.14. The van der Waals surface area contributed by atoms with Crippen LogP contribution in [0.1, 0.15) is 15.9 Å². The van der Waals surface area contributed by atoms with Gasteiger partial charge in [0.1, 0.15) is 23.0 Å². The Bertz CT molecular complexity index is 1650. The second kappa shape index (κ2) is 15.3. The molecule has 3 aromatic carbocycles. The normalized spacial score (nSPS) is 11.3. The molecule has 0 fully saturated rings. The van der Waals surface area contributed by atoms with E-state index in [1.807, 2.05) is 0 Å². The Balaban J connectivity index is 1.84. The van der Waals surface area contributed by atoms with Gasteiger partial charge in [-0.05, 0) is 46.3 Å². The van der Waals surface area contributed by atoms with Crippen LogP contribution in [0.3, 0.4) is 0 Å². The maximum absolute atomic E-state index is 13.1. The number of carbonyl (C=O) groups excluding carboxylic acids is 1. The minimum Gasteiger partial charge on any atom is -0.496 e. The predicted octanol–water partition coefficient (Wildman–Crippen LogP) is 5.73. The molecule has 12 nitrogen and oxygen atoms in total. The quantitative estimate of drug-likeness (QED) is 0.149. The van der Waals surface area contributed by atoms with E-state index in [-0.39, 0.29) is 17.0 Å². The minimum absolute atomic E-state index is 0.235. The van der Waals surface area contributed by atoms with Crippen LogP contribution >= 0.6 is 15.9 Å². The molecule has 0 saturated carbocycles. The summed E-state index contributed by atoms with van der Waals surface area (Å²) in [5.74, 6) is 2.19. The van der Waals surface area contributed by atoms with Crippen LogP contribution in [0, 0.1) is 0 Å². The maximum Gasteiger partial charge on any atom is 0.255 e. The van der Waals surface area contributed by atoms with E-state index >= 15 is 0 Å². The van der Waals surface area contributed by atoms with E-state index in [1.165, 1.54) is 86.3 Å². The standard InChI is InChI=1S/C30H33BrN2O10S/c1-37-19-15-25(39-3)20(26(16-19)40-4)11-13-44(35,36)33-18-8-9-24(38-2)22(14-18)32-12-10-23(34)21-17-27(41-5)29(42-6)30(43-7)28(21)31/h8-17,32-33H,1-7H3/b12-10-,13-11+. The number of hydrogen-bond donors (Lipinski definition) is 2. The lowest BCUT2D eigenvalue weighted by Crippen LogP contribution is -2.09. The Kier molecular flexibility index (Phi) is 11.8. The molecule has 236 valence electrons.